The van der Waals surface area contributed by atoms with Gasteiger partial charge in [-0.15, -0.1) is 0 Å². The van der Waals surface area contributed by atoms with Crippen molar-refractivity contribution in [3.63, 3.8) is 0 Å². The highest BCUT2D eigenvalue weighted by Crippen LogP contribution is 2.10. The predicted octanol–water partition coefficient (Wildman–Crippen LogP) is 1.97. The van der Waals surface area contributed by atoms with Gasteiger partial charge in [0.05, 0.1) is 12.8 Å². The molecule has 6 heteroatoms. The smallest absolute Gasteiger partial charge is 0.254 e. The Kier molecular flexibility index (Phi) is 6.57. The van der Waals surface area contributed by atoms with Gasteiger partial charge in [-0.1, -0.05) is 42.0 Å². The van der Waals surface area contributed by atoms with E-state index < -0.39 is 0 Å². The predicted molar refractivity (Wildman–Crippen MR) is 107 cm³/mol. The van der Waals surface area contributed by atoms with E-state index in [2.05, 4.69) is 51.5 Å². The monoisotopic (exact) mass is 366 g/mol. The fourth-order valence-electron chi connectivity index (χ4n) is 3.08. The van der Waals surface area contributed by atoms with E-state index >= 15 is 0 Å². The van der Waals surface area contributed by atoms with E-state index in [1.807, 2.05) is 6.07 Å². The molecule has 27 heavy (non-hydrogen) atoms. The zero-order valence-electron chi connectivity index (χ0n) is 15.6. The van der Waals surface area contributed by atoms with Gasteiger partial charge in [-0.2, -0.15) is 5.10 Å². The van der Waals surface area contributed by atoms with Crippen LogP contribution < -0.4 is 5.43 Å². The molecule has 0 spiro atoms. The number of aromatic hydroxyl groups is 1. The van der Waals surface area contributed by atoms with Gasteiger partial charge < -0.3 is 5.11 Å². The lowest BCUT2D eigenvalue weighted by Crippen LogP contribution is -2.48. The van der Waals surface area contributed by atoms with E-state index in [0.717, 1.165) is 38.3 Å². The van der Waals surface area contributed by atoms with Gasteiger partial charge in [-0.05, 0) is 30.2 Å². The molecule has 2 N–H and O–H groups in total. The van der Waals surface area contributed by atoms with Crippen LogP contribution in [0.1, 0.15) is 16.7 Å². The molecule has 0 unspecified atom stereocenters. The number of piperazine rings is 1. The number of carbonyl (C=O) groups is 1. The van der Waals surface area contributed by atoms with Crippen LogP contribution in [0.2, 0.25) is 0 Å². The van der Waals surface area contributed by atoms with Crippen molar-refractivity contribution in [3.8, 4) is 5.75 Å². The van der Waals surface area contributed by atoms with E-state index in [9.17, 15) is 9.90 Å². The molecule has 1 aliphatic heterocycles. The Bertz CT molecular complexity index is 781. The van der Waals surface area contributed by atoms with E-state index in [1.165, 1.54) is 17.3 Å². The molecule has 0 radical (unpaired) electrons. The molecule has 2 aromatic carbocycles. The van der Waals surface area contributed by atoms with E-state index in [1.54, 1.807) is 18.2 Å². The third kappa shape index (κ3) is 6.20. The summed E-state index contributed by atoms with van der Waals surface area (Å²) in [6.45, 7) is 7.04. The molecule has 0 saturated carbocycles. The summed E-state index contributed by atoms with van der Waals surface area (Å²) in [5.41, 5.74) is 5.89. The number of phenols is 1. The summed E-state index contributed by atoms with van der Waals surface area (Å²) in [7, 11) is 0. The minimum absolute atomic E-state index is 0.126. The zero-order valence-corrected chi connectivity index (χ0v) is 15.6. The summed E-state index contributed by atoms with van der Waals surface area (Å²) >= 11 is 0. The number of nitrogens with one attached hydrogen (secondary N) is 1. The number of hydrazone groups is 1. The van der Waals surface area contributed by atoms with Gasteiger partial charge in [-0.25, -0.2) is 5.43 Å². The molecule has 1 aliphatic rings. The van der Waals surface area contributed by atoms with E-state index in [-0.39, 0.29) is 11.7 Å². The van der Waals surface area contributed by atoms with Crippen LogP contribution in [0.3, 0.4) is 0 Å². The molecule has 1 fully saturated rings. The lowest BCUT2D eigenvalue weighted by atomic mass is 10.1. The first-order valence-electron chi connectivity index (χ1n) is 9.20. The maximum Gasteiger partial charge on any atom is 0.254 e. The zero-order chi connectivity index (χ0) is 19.1. The molecular formula is C21H26N4O2. The van der Waals surface area contributed by atoms with Crippen molar-refractivity contribution in [2.24, 2.45) is 5.10 Å². The molecule has 0 bridgehead atoms. The number of nitrogens with zero attached hydrogens (tertiary/aromatic N) is 3. The number of amides is 1. The second kappa shape index (κ2) is 9.30. The van der Waals surface area contributed by atoms with Gasteiger partial charge in [0, 0.05) is 32.7 Å². The molecule has 142 valence electrons. The third-order valence-corrected chi connectivity index (χ3v) is 4.63. The van der Waals surface area contributed by atoms with Crippen molar-refractivity contribution >= 4 is 12.1 Å². The highest BCUT2D eigenvalue weighted by molar-refractivity contribution is 5.83. The average Bonchev–Trinajstić information content (AvgIpc) is 2.65. The lowest BCUT2D eigenvalue weighted by Gasteiger charge is -2.34. The minimum Gasteiger partial charge on any atom is -0.508 e. The second-order valence-corrected chi connectivity index (χ2v) is 6.93. The summed E-state index contributed by atoms with van der Waals surface area (Å²) < 4.78 is 0. The van der Waals surface area contributed by atoms with Crippen molar-refractivity contribution < 1.29 is 9.90 Å². The average molecular weight is 366 g/mol. The number of aryl methyl sites for hydroxylation is 1. The Morgan fingerprint density at radius 2 is 1.81 bits per heavy atom. The molecular weight excluding hydrogens is 340 g/mol. The minimum atomic E-state index is -0.126. The van der Waals surface area contributed by atoms with Crippen LogP contribution in [0, 0.1) is 6.92 Å². The topological polar surface area (TPSA) is 68.2 Å². The van der Waals surface area contributed by atoms with Crippen LogP contribution >= 0.6 is 0 Å². The first-order chi connectivity index (χ1) is 13.1. The van der Waals surface area contributed by atoms with Gasteiger partial charge in [0.15, 0.2) is 0 Å². The van der Waals surface area contributed by atoms with Crippen molar-refractivity contribution in [2.45, 2.75) is 13.5 Å². The van der Waals surface area contributed by atoms with Crippen LogP contribution in [-0.2, 0) is 11.3 Å². The van der Waals surface area contributed by atoms with Crippen LogP contribution in [0.15, 0.2) is 53.6 Å². The lowest BCUT2D eigenvalue weighted by molar-refractivity contribution is -0.122. The highest BCUT2D eigenvalue weighted by atomic mass is 16.3. The number of benzene rings is 2. The maximum atomic E-state index is 12.0. The molecule has 0 aliphatic carbocycles. The normalized spacial score (nSPS) is 15.9. The van der Waals surface area contributed by atoms with Gasteiger partial charge in [-0.3, -0.25) is 14.6 Å². The summed E-state index contributed by atoms with van der Waals surface area (Å²) in [4.78, 5) is 16.6. The molecule has 1 heterocycles. The molecule has 3 rings (SSSR count). The molecule has 1 amide bonds. The van der Waals surface area contributed by atoms with Gasteiger partial charge >= 0.3 is 0 Å². The van der Waals surface area contributed by atoms with Crippen LogP contribution in [0.25, 0.3) is 0 Å². The van der Waals surface area contributed by atoms with E-state index in [0.29, 0.717) is 6.54 Å². The van der Waals surface area contributed by atoms with E-state index in [4.69, 9.17) is 0 Å². The van der Waals surface area contributed by atoms with Crippen molar-refractivity contribution in [1.82, 2.24) is 15.2 Å². The summed E-state index contributed by atoms with van der Waals surface area (Å²) in [6, 6.07) is 15.4. The molecule has 6 nitrogen and oxygen atoms in total. The summed E-state index contributed by atoms with van der Waals surface area (Å²) in [5.74, 6) is 0.0483. The van der Waals surface area contributed by atoms with Gasteiger partial charge in [0.1, 0.15) is 5.75 Å². The van der Waals surface area contributed by atoms with Crippen molar-refractivity contribution in [3.05, 3.63) is 65.2 Å². The van der Waals surface area contributed by atoms with Crippen LogP contribution in [0.5, 0.6) is 5.75 Å². The summed E-state index contributed by atoms with van der Waals surface area (Å²) in [5, 5.41) is 13.4. The van der Waals surface area contributed by atoms with Gasteiger partial charge in [0.25, 0.3) is 5.91 Å². The third-order valence-electron chi connectivity index (χ3n) is 4.63. The van der Waals surface area contributed by atoms with Crippen LogP contribution in [-0.4, -0.2) is 59.8 Å². The standard InChI is InChI=1S/C21H26N4O2/c1-17-5-7-18(8-6-17)15-24-9-11-25(12-10-24)16-21(27)23-22-14-19-3-2-4-20(26)13-19/h2-8,13-14,26H,9-12,15-16H2,1H3,(H,23,27). The summed E-state index contributed by atoms with van der Waals surface area (Å²) in [6.07, 6.45) is 1.52. The Labute approximate surface area is 160 Å². The Morgan fingerprint density at radius 3 is 2.52 bits per heavy atom. The number of hydrogen-bond acceptors (Lipinski definition) is 5. The van der Waals surface area contributed by atoms with Gasteiger partial charge in [0.2, 0.25) is 0 Å². The Hall–Kier alpha value is -2.70. The van der Waals surface area contributed by atoms with Crippen molar-refractivity contribution in [2.75, 3.05) is 32.7 Å². The molecule has 2 aromatic rings. The first kappa shape index (κ1) is 19.1. The highest BCUT2D eigenvalue weighted by Gasteiger charge is 2.18. The number of rotatable bonds is 6. The number of hydrogen-bond donors (Lipinski definition) is 2. The molecule has 1 saturated heterocycles. The largest absolute Gasteiger partial charge is 0.508 e. The number of carbonyl (C=O) groups excluding carboxylic acids is 1. The molecule has 0 aromatic heterocycles. The Balaban J connectivity index is 1.38. The van der Waals surface area contributed by atoms with Crippen molar-refractivity contribution in [1.29, 1.82) is 0 Å². The second-order valence-electron chi connectivity index (χ2n) is 6.93. The first-order valence-corrected chi connectivity index (χ1v) is 9.20. The van der Waals surface area contributed by atoms with Crippen LogP contribution in [0.4, 0.5) is 0 Å². The fourth-order valence-corrected chi connectivity index (χ4v) is 3.08. The SMILES string of the molecule is Cc1ccc(CN2CCN(CC(=O)NN=Cc3cccc(O)c3)CC2)cc1. The number of phenolic OH excluding ortho intramolecular Hbond substituents is 1. The molecule has 0 atom stereocenters. The quantitative estimate of drug-likeness (QED) is 0.606. The fraction of sp³-hybridized carbons (Fsp3) is 0.333. The Morgan fingerprint density at radius 1 is 1.11 bits per heavy atom. The maximum absolute atomic E-state index is 12.0.